The van der Waals surface area contributed by atoms with E-state index < -0.39 is 43.8 Å². The number of alkyl halides is 3. The minimum atomic E-state index is -4.89. The first kappa shape index (κ1) is 29.8. The van der Waals surface area contributed by atoms with Crippen molar-refractivity contribution in [1.82, 2.24) is 14.6 Å². The summed E-state index contributed by atoms with van der Waals surface area (Å²) in [4.78, 5) is 18.1. The van der Waals surface area contributed by atoms with Gasteiger partial charge in [-0.05, 0) is 42.2 Å². The third-order valence-electron chi connectivity index (χ3n) is 5.92. The number of nitrogens with one attached hydrogen (secondary N) is 1. The van der Waals surface area contributed by atoms with Gasteiger partial charge in [-0.15, -0.1) is 0 Å². The van der Waals surface area contributed by atoms with Gasteiger partial charge in [0.25, 0.3) is 5.91 Å². The Balaban J connectivity index is 1.67. The molecular formula is C26H22Cl2F3N3O5S. The molecule has 0 saturated heterocycles. The van der Waals surface area contributed by atoms with Crippen LogP contribution in [0.1, 0.15) is 41.2 Å². The van der Waals surface area contributed by atoms with Crippen LogP contribution in [0.2, 0.25) is 10.0 Å². The SMILES string of the molecule is COC(NS(=O)(=O)c1ccc(Cl)c(C(F)(F)F)c1)c1cc(Cl)cnc1C(=O)N1C=COC(C2=CC=CC(C)C2)=C1. The van der Waals surface area contributed by atoms with Crippen LogP contribution in [-0.4, -0.2) is 31.3 Å². The summed E-state index contributed by atoms with van der Waals surface area (Å²) < 4.78 is 79.2. The van der Waals surface area contributed by atoms with Crippen LogP contribution < -0.4 is 4.72 Å². The lowest BCUT2D eigenvalue weighted by Gasteiger charge is -2.25. The molecule has 1 aliphatic heterocycles. The zero-order valence-electron chi connectivity index (χ0n) is 20.9. The topological polar surface area (TPSA) is 97.8 Å². The highest BCUT2D eigenvalue weighted by atomic mass is 35.5. The van der Waals surface area contributed by atoms with Crippen LogP contribution in [-0.2, 0) is 25.7 Å². The van der Waals surface area contributed by atoms with Crippen LogP contribution in [0.3, 0.4) is 0 Å². The van der Waals surface area contributed by atoms with E-state index in [1.807, 2.05) is 25.2 Å². The van der Waals surface area contributed by atoms with Gasteiger partial charge in [0.05, 0.1) is 26.7 Å². The average Bonchev–Trinajstić information content (AvgIpc) is 2.91. The molecule has 40 heavy (non-hydrogen) atoms. The highest BCUT2D eigenvalue weighted by Crippen LogP contribution is 2.36. The van der Waals surface area contributed by atoms with Crippen molar-refractivity contribution in [2.75, 3.05) is 7.11 Å². The number of amides is 1. The number of halogens is 5. The first-order chi connectivity index (χ1) is 18.8. The Morgan fingerprint density at radius 2 is 2.02 bits per heavy atom. The van der Waals surface area contributed by atoms with Crippen LogP contribution in [0.4, 0.5) is 13.2 Å². The van der Waals surface area contributed by atoms with Crippen molar-refractivity contribution in [3.63, 3.8) is 0 Å². The van der Waals surface area contributed by atoms with Gasteiger partial charge in [0.15, 0.2) is 0 Å². The number of sulfonamides is 1. The molecule has 2 unspecified atom stereocenters. The van der Waals surface area contributed by atoms with Gasteiger partial charge in [-0.25, -0.2) is 13.4 Å². The molecule has 2 aromatic rings. The predicted molar refractivity (Wildman–Crippen MR) is 141 cm³/mol. The van der Waals surface area contributed by atoms with E-state index in [0.29, 0.717) is 18.2 Å². The number of rotatable bonds is 7. The van der Waals surface area contributed by atoms with Crippen molar-refractivity contribution in [3.05, 3.63) is 106 Å². The quantitative estimate of drug-likeness (QED) is 0.365. The third-order valence-corrected chi connectivity index (χ3v) is 7.86. The molecule has 2 aliphatic rings. The number of benzene rings is 1. The number of pyridine rings is 1. The summed E-state index contributed by atoms with van der Waals surface area (Å²) >= 11 is 11.7. The number of aromatic nitrogens is 1. The Labute approximate surface area is 238 Å². The number of allylic oxidation sites excluding steroid dienone is 4. The van der Waals surface area contributed by atoms with E-state index in [-0.39, 0.29) is 22.2 Å². The van der Waals surface area contributed by atoms with Crippen LogP contribution >= 0.6 is 23.2 Å². The fourth-order valence-electron chi connectivity index (χ4n) is 3.97. The molecule has 212 valence electrons. The molecule has 14 heteroatoms. The van der Waals surface area contributed by atoms with Crippen molar-refractivity contribution in [3.8, 4) is 0 Å². The first-order valence-electron chi connectivity index (χ1n) is 11.6. The molecule has 1 N–H and O–H groups in total. The standard InChI is InChI=1S/C26H22Cl2F3N3O5S/c1-15-4-3-5-16(10-15)22-14-34(8-9-39-22)25(35)23-19(11-17(27)13-32-23)24(38-2)33-40(36,37)18-6-7-21(28)20(12-18)26(29,30)31/h3-9,11-15,24,33H,10H2,1-2H3. The van der Waals surface area contributed by atoms with E-state index in [9.17, 15) is 26.4 Å². The molecule has 1 aromatic carbocycles. The number of hydrogen-bond donors (Lipinski definition) is 1. The monoisotopic (exact) mass is 615 g/mol. The first-order valence-corrected chi connectivity index (χ1v) is 13.9. The summed E-state index contributed by atoms with van der Waals surface area (Å²) in [6.07, 6.45) is 5.39. The van der Waals surface area contributed by atoms with Gasteiger partial charge in [0.1, 0.15) is 23.9 Å². The number of ether oxygens (including phenoxy) is 2. The third kappa shape index (κ3) is 6.58. The Bertz CT molecular complexity index is 1560. The second-order valence-corrected chi connectivity index (χ2v) is 11.4. The van der Waals surface area contributed by atoms with Gasteiger partial charge in [0.2, 0.25) is 10.0 Å². The van der Waals surface area contributed by atoms with Gasteiger partial charge < -0.3 is 9.47 Å². The van der Waals surface area contributed by atoms with E-state index in [2.05, 4.69) is 9.71 Å². The molecule has 8 nitrogen and oxygen atoms in total. The van der Waals surface area contributed by atoms with Crippen molar-refractivity contribution < 1.29 is 35.9 Å². The number of hydrogen-bond acceptors (Lipinski definition) is 6. The van der Waals surface area contributed by atoms with Gasteiger partial charge in [-0.3, -0.25) is 9.69 Å². The summed E-state index contributed by atoms with van der Waals surface area (Å²) in [5, 5.41) is -0.609. The lowest BCUT2D eigenvalue weighted by molar-refractivity contribution is -0.137. The van der Waals surface area contributed by atoms with Crippen molar-refractivity contribution >= 4 is 39.1 Å². The number of carbonyl (C=O) groups excluding carboxylic acids is 1. The molecule has 0 radical (unpaired) electrons. The second-order valence-electron chi connectivity index (χ2n) is 8.83. The molecule has 0 bridgehead atoms. The maximum absolute atomic E-state index is 13.5. The van der Waals surface area contributed by atoms with Gasteiger partial charge >= 0.3 is 6.18 Å². The number of nitrogens with zero attached hydrogens (tertiary/aromatic N) is 2. The Morgan fingerprint density at radius 3 is 2.70 bits per heavy atom. The van der Waals surface area contributed by atoms with Gasteiger partial charge in [0, 0.05) is 25.1 Å². The number of carbonyl (C=O) groups is 1. The maximum Gasteiger partial charge on any atom is 0.417 e. The van der Waals surface area contributed by atoms with Crippen LogP contribution in [0, 0.1) is 5.92 Å². The molecule has 0 spiro atoms. The minimum Gasteiger partial charge on any atom is -0.462 e. The van der Waals surface area contributed by atoms with E-state index in [4.69, 9.17) is 32.7 Å². The fraction of sp³-hybridized carbons (Fsp3) is 0.231. The van der Waals surface area contributed by atoms with E-state index in [0.717, 1.165) is 24.8 Å². The lowest BCUT2D eigenvalue weighted by atomic mass is 9.95. The van der Waals surface area contributed by atoms with Crippen molar-refractivity contribution in [2.24, 2.45) is 5.92 Å². The highest BCUT2D eigenvalue weighted by molar-refractivity contribution is 7.89. The molecule has 2 heterocycles. The van der Waals surface area contributed by atoms with E-state index >= 15 is 0 Å². The summed E-state index contributed by atoms with van der Waals surface area (Å²) in [6.45, 7) is 2.04. The predicted octanol–water partition coefficient (Wildman–Crippen LogP) is 6.34. The molecule has 4 rings (SSSR count). The highest BCUT2D eigenvalue weighted by Gasteiger charge is 2.35. The minimum absolute atomic E-state index is 0.0561. The summed E-state index contributed by atoms with van der Waals surface area (Å²) in [5.41, 5.74) is -0.757. The molecular weight excluding hydrogens is 594 g/mol. The summed E-state index contributed by atoms with van der Waals surface area (Å²) in [5.74, 6) is 0.0398. The summed E-state index contributed by atoms with van der Waals surface area (Å²) in [7, 11) is -3.48. The average molecular weight is 616 g/mol. The largest absolute Gasteiger partial charge is 0.462 e. The molecule has 0 fully saturated rings. The second kappa shape index (κ2) is 11.8. The lowest BCUT2D eigenvalue weighted by Crippen LogP contribution is -2.33. The van der Waals surface area contributed by atoms with Gasteiger partial charge in [-0.2, -0.15) is 17.9 Å². The molecule has 1 amide bonds. The maximum atomic E-state index is 13.5. The Morgan fingerprint density at radius 1 is 1.27 bits per heavy atom. The molecule has 1 aromatic heterocycles. The smallest absolute Gasteiger partial charge is 0.417 e. The van der Waals surface area contributed by atoms with Crippen LogP contribution in [0.5, 0.6) is 0 Å². The molecule has 2 atom stereocenters. The molecule has 1 aliphatic carbocycles. The van der Waals surface area contributed by atoms with Crippen molar-refractivity contribution in [1.29, 1.82) is 0 Å². The zero-order valence-corrected chi connectivity index (χ0v) is 23.3. The van der Waals surface area contributed by atoms with E-state index in [1.165, 1.54) is 35.8 Å². The fourth-order valence-corrected chi connectivity index (χ4v) is 5.53. The van der Waals surface area contributed by atoms with Gasteiger partial charge in [-0.1, -0.05) is 48.4 Å². The van der Waals surface area contributed by atoms with Crippen LogP contribution in [0.25, 0.3) is 0 Å². The summed E-state index contributed by atoms with van der Waals surface area (Å²) in [6, 6.07) is 3.41. The zero-order chi connectivity index (χ0) is 29.2. The Hall–Kier alpha value is -3.16. The van der Waals surface area contributed by atoms with Crippen LogP contribution in [0.15, 0.2) is 83.6 Å². The molecule has 0 saturated carbocycles. The number of methoxy groups -OCH3 is 1. The Kier molecular flexibility index (Phi) is 8.76. The normalized spacial score (nSPS) is 18.2. The van der Waals surface area contributed by atoms with Crippen molar-refractivity contribution in [2.45, 2.75) is 30.6 Å². The van der Waals surface area contributed by atoms with E-state index in [1.54, 1.807) is 0 Å².